The van der Waals surface area contributed by atoms with Gasteiger partial charge in [-0.15, -0.1) is 0 Å². The number of nitrogen functional groups attached to an aromatic ring is 1. The first-order valence-corrected chi connectivity index (χ1v) is 5.37. The number of nitrogens with one attached hydrogen (secondary N) is 1. The maximum Gasteiger partial charge on any atom is 0.255 e. The zero-order valence-electron chi connectivity index (χ0n) is 10.1. The quantitative estimate of drug-likeness (QED) is 0.549. The summed E-state index contributed by atoms with van der Waals surface area (Å²) in [7, 11) is 1.78. The molecule has 1 amide bonds. The predicted octanol–water partition coefficient (Wildman–Crippen LogP) is 1.27. The Morgan fingerprint density at radius 1 is 1.50 bits per heavy atom. The smallest absolute Gasteiger partial charge is 0.255 e. The van der Waals surface area contributed by atoms with Crippen LogP contribution in [0.15, 0.2) is 24.4 Å². The van der Waals surface area contributed by atoms with Gasteiger partial charge < -0.3 is 16.2 Å². The zero-order valence-corrected chi connectivity index (χ0v) is 10.1. The highest BCUT2D eigenvalue weighted by molar-refractivity contribution is 6.05. The summed E-state index contributed by atoms with van der Waals surface area (Å²) in [5.74, 6) is -0.424. The monoisotopic (exact) mass is 246 g/mol. The normalized spacial score (nSPS) is 10.3. The number of hydrogen-bond donors (Lipinski definition) is 3. The van der Waals surface area contributed by atoms with Crippen LogP contribution in [-0.2, 0) is 7.05 Å². The van der Waals surface area contributed by atoms with Gasteiger partial charge in [0.15, 0.2) is 0 Å². The minimum absolute atomic E-state index is 0.106. The number of rotatable bonds is 2. The van der Waals surface area contributed by atoms with Crippen LogP contribution < -0.4 is 11.1 Å². The molecule has 6 heteroatoms. The highest BCUT2D eigenvalue weighted by atomic mass is 16.3. The van der Waals surface area contributed by atoms with Gasteiger partial charge in [0.1, 0.15) is 5.75 Å². The number of aromatic nitrogens is 2. The van der Waals surface area contributed by atoms with Gasteiger partial charge in [0.2, 0.25) is 0 Å². The van der Waals surface area contributed by atoms with E-state index in [0.717, 1.165) is 5.69 Å². The van der Waals surface area contributed by atoms with Crippen molar-refractivity contribution >= 4 is 17.3 Å². The summed E-state index contributed by atoms with van der Waals surface area (Å²) >= 11 is 0. The summed E-state index contributed by atoms with van der Waals surface area (Å²) in [6.45, 7) is 1.80. The van der Waals surface area contributed by atoms with E-state index in [1.807, 2.05) is 0 Å². The summed E-state index contributed by atoms with van der Waals surface area (Å²) < 4.78 is 1.62. The van der Waals surface area contributed by atoms with E-state index in [1.54, 1.807) is 30.9 Å². The third-order valence-corrected chi connectivity index (χ3v) is 2.55. The minimum atomic E-state index is -0.318. The molecule has 0 saturated heterocycles. The summed E-state index contributed by atoms with van der Waals surface area (Å²) in [5.41, 5.74) is 7.42. The van der Waals surface area contributed by atoms with E-state index in [4.69, 9.17) is 5.73 Å². The van der Waals surface area contributed by atoms with E-state index in [0.29, 0.717) is 11.3 Å². The van der Waals surface area contributed by atoms with E-state index in [2.05, 4.69) is 10.4 Å². The van der Waals surface area contributed by atoms with Crippen LogP contribution in [0.1, 0.15) is 16.1 Å². The predicted molar refractivity (Wildman–Crippen MR) is 68.4 cm³/mol. The maximum absolute atomic E-state index is 11.9. The van der Waals surface area contributed by atoms with Crippen LogP contribution in [0.2, 0.25) is 0 Å². The lowest BCUT2D eigenvalue weighted by molar-refractivity contribution is 0.102. The van der Waals surface area contributed by atoms with E-state index in [-0.39, 0.29) is 17.3 Å². The zero-order chi connectivity index (χ0) is 13.3. The average molecular weight is 246 g/mol. The van der Waals surface area contributed by atoms with Crippen LogP contribution in [0.4, 0.5) is 11.4 Å². The van der Waals surface area contributed by atoms with Crippen LogP contribution in [0, 0.1) is 6.92 Å². The van der Waals surface area contributed by atoms with Gasteiger partial charge in [-0.1, -0.05) is 0 Å². The van der Waals surface area contributed by atoms with E-state index < -0.39 is 0 Å². The highest BCUT2D eigenvalue weighted by Crippen LogP contribution is 2.21. The van der Waals surface area contributed by atoms with Crippen molar-refractivity contribution in [3.05, 3.63) is 35.7 Å². The second kappa shape index (κ2) is 4.40. The first-order valence-electron chi connectivity index (χ1n) is 5.37. The number of hydrogen-bond acceptors (Lipinski definition) is 4. The first-order chi connectivity index (χ1) is 8.47. The number of nitrogens with zero attached hydrogens (tertiary/aromatic N) is 2. The third-order valence-electron chi connectivity index (χ3n) is 2.55. The molecule has 1 heterocycles. The largest absolute Gasteiger partial charge is 0.506 e. The molecule has 6 nitrogen and oxygen atoms in total. The van der Waals surface area contributed by atoms with Gasteiger partial charge in [-0.05, 0) is 25.1 Å². The van der Waals surface area contributed by atoms with Gasteiger partial charge >= 0.3 is 0 Å². The van der Waals surface area contributed by atoms with Crippen molar-refractivity contribution in [2.75, 3.05) is 11.1 Å². The van der Waals surface area contributed by atoms with Crippen LogP contribution in [0.5, 0.6) is 5.75 Å². The molecule has 0 unspecified atom stereocenters. The maximum atomic E-state index is 11.9. The van der Waals surface area contributed by atoms with Crippen LogP contribution in [0.25, 0.3) is 0 Å². The Kier molecular flexibility index (Phi) is 2.93. The molecular formula is C12H14N4O2. The molecule has 0 radical (unpaired) electrons. The molecule has 0 aliphatic carbocycles. The molecule has 0 fully saturated rings. The van der Waals surface area contributed by atoms with Crippen molar-refractivity contribution in [1.29, 1.82) is 0 Å². The molecule has 1 aromatic heterocycles. The Morgan fingerprint density at radius 3 is 2.78 bits per heavy atom. The average Bonchev–Trinajstić information content (AvgIpc) is 2.61. The Morgan fingerprint density at radius 2 is 2.22 bits per heavy atom. The number of anilines is 2. The van der Waals surface area contributed by atoms with Crippen molar-refractivity contribution in [1.82, 2.24) is 9.78 Å². The second-order valence-electron chi connectivity index (χ2n) is 4.03. The Labute approximate surface area is 104 Å². The van der Waals surface area contributed by atoms with Crippen molar-refractivity contribution in [2.45, 2.75) is 6.92 Å². The van der Waals surface area contributed by atoms with Gasteiger partial charge in [-0.25, -0.2) is 0 Å². The van der Waals surface area contributed by atoms with Crippen molar-refractivity contribution in [3.63, 3.8) is 0 Å². The number of amides is 1. The molecule has 0 bridgehead atoms. The number of carbonyl (C=O) groups is 1. The number of benzene rings is 1. The Bertz CT molecular complexity index is 604. The third kappa shape index (κ3) is 2.27. The SMILES string of the molecule is Cc1nn(C)cc1NC(=O)c1ccc(N)c(O)c1. The second-order valence-corrected chi connectivity index (χ2v) is 4.03. The van der Waals surface area contributed by atoms with Gasteiger partial charge in [-0.3, -0.25) is 9.48 Å². The van der Waals surface area contributed by atoms with Gasteiger partial charge in [0.05, 0.1) is 17.1 Å². The van der Waals surface area contributed by atoms with Crippen molar-refractivity contribution in [3.8, 4) is 5.75 Å². The molecule has 4 N–H and O–H groups in total. The number of aryl methyl sites for hydroxylation is 2. The fourth-order valence-corrected chi connectivity index (χ4v) is 1.60. The summed E-state index contributed by atoms with van der Waals surface area (Å²) in [6.07, 6.45) is 1.71. The molecule has 0 spiro atoms. The van der Waals surface area contributed by atoms with Gasteiger partial charge in [-0.2, -0.15) is 5.10 Å². The molecule has 2 rings (SSSR count). The lowest BCUT2D eigenvalue weighted by atomic mass is 10.1. The van der Waals surface area contributed by atoms with Crippen LogP contribution in [0.3, 0.4) is 0 Å². The molecular weight excluding hydrogens is 232 g/mol. The number of phenols is 1. The minimum Gasteiger partial charge on any atom is -0.506 e. The fourth-order valence-electron chi connectivity index (χ4n) is 1.60. The highest BCUT2D eigenvalue weighted by Gasteiger charge is 2.11. The molecule has 1 aromatic carbocycles. The lowest BCUT2D eigenvalue weighted by Gasteiger charge is -2.05. The number of phenolic OH excluding ortho intramolecular Hbond substituents is 1. The van der Waals surface area contributed by atoms with Crippen molar-refractivity contribution < 1.29 is 9.90 Å². The number of nitrogens with two attached hydrogens (primary N) is 1. The first kappa shape index (κ1) is 12.0. The summed E-state index contributed by atoms with van der Waals surface area (Å²) in [4.78, 5) is 11.9. The van der Waals surface area contributed by atoms with E-state index >= 15 is 0 Å². The topological polar surface area (TPSA) is 93.2 Å². The standard InChI is InChI=1S/C12H14N4O2/c1-7-10(6-16(2)15-7)14-12(18)8-3-4-9(13)11(17)5-8/h3-6,17H,13H2,1-2H3,(H,14,18). The molecule has 0 saturated carbocycles. The molecule has 0 atom stereocenters. The molecule has 18 heavy (non-hydrogen) atoms. The van der Waals surface area contributed by atoms with Crippen LogP contribution >= 0.6 is 0 Å². The molecule has 94 valence electrons. The van der Waals surface area contributed by atoms with Gasteiger partial charge in [0, 0.05) is 18.8 Å². The Balaban J connectivity index is 2.22. The molecule has 0 aliphatic rings. The summed E-state index contributed by atoms with van der Waals surface area (Å²) in [6, 6.07) is 4.37. The van der Waals surface area contributed by atoms with E-state index in [1.165, 1.54) is 12.1 Å². The van der Waals surface area contributed by atoms with Crippen LogP contribution in [-0.4, -0.2) is 20.8 Å². The fraction of sp³-hybridized carbons (Fsp3) is 0.167. The molecule has 2 aromatic rings. The van der Waals surface area contributed by atoms with Crippen molar-refractivity contribution in [2.24, 2.45) is 7.05 Å². The Hall–Kier alpha value is -2.50. The number of carbonyl (C=O) groups excluding carboxylic acids is 1. The molecule has 0 aliphatic heterocycles. The van der Waals surface area contributed by atoms with E-state index in [9.17, 15) is 9.90 Å². The summed E-state index contributed by atoms with van der Waals surface area (Å²) in [5, 5.41) is 16.3. The number of aromatic hydroxyl groups is 1. The lowest BCUT2D eigenvalue weighted by Crippen LogP contribution is -2.12. The van der Waals surface area contributed by atoms with Gasteiger partial charge in [0.25, 0.3) is 5.91 Å².